The average molecular weight is 571 g/mol. The highest BCUT2D eigenvalue weighted by molar-refractivity contribution is 6.31. The first-order valence-electron chi connectivity index (χ1n) is 14.8. The number of ether oxygens (including phenoxy) is 2. The van der Waals surface area contributed by atoms with Gasteiger partial charge in [-0.2, -0.15) is 0 Å². The first kappa shape index (κ1) is 24.9. The molecule has 214 valence electrons. The Morgan fingerprint density at radius 1 is 0.953 bits per heavy atom. The van der Waals surface area contributed by atoms with Crippen LogP contribution in [-0.2, 0) is 21.7 Å². The molecule has 0 aliphatic carbocycles. The number of amides is 2. The quantitative estimate of drug-likeness (QED) is 0.287. The molecule has 3 aliphatic rings. The molecule has 0 spiro atoms. The van der Waals surface area contributed by atoms with E-state index in [0.29, 0.717) is 18.5 Å². The zero-order chi connectivity index (χ0) is 29.2. The normalized spacial score (nSPS) is 24.2. The van der Waals surface area contributed by atoms with E-state index in [1.165, 1.54) is 0 Å². The molecule has 9 rings (SSSR count). The molecule has 1 fully saturated rings. The molecular weight excluding hydrogens is 540 g/mol. The maximum absolute atomic E-state index is 13.9. The van der Waals surface area contributed by atoms with E-state index in [0.717, 1.165) is 54.7 Å². The molecule has 2 aromatic heterocycles. The number of rotatable bonds is 3. The van der Waals surface area contributed by atoms with E-state index in [-0.39, 0.29) is 17.9 Å². The van der Waals surface area contributed by atoms with Crippen LogP contribution in [0.15, 0.2) is 78.9 Å². The summed E-state index contributed by atoms with van der Waals surface area (Å²) in [6.07, 6.45) is -0.386. The van der Waals surface area contributed by atoms with Crippen molar-refractivity contribution in [3.05, 3.63) is 95.6 Å². The number of likely N-dealkylation sites (N-methyl/N-ethyl adjacent to an activating group) is 1. The monoisotopic (exact) mass is 570 g/mol. The predicted molar refractivity (Wildman–Crippen MR) is 165 cm³/mol. The van der Waals surface area contributed by atoms with Crippen LogP contribution in [0.4, 0.5) is 0 Å². The minimum absolute atomic E-state index is 0.0446. The molecule has 2 bridgehead atoms. The van der Waals surface area contributed by atoms with Gasteiger partial charge in [-0.3, -0.25) is 9.59 Å². The standard InChI is InChI=1S/C35H30N4O4/c1-35-32(42-3)25(37(2)34(41)19-11-5-4-6-12-19)17-26(43-35)38-23-15-9-7-13-20(23)28-29-22(18-36-33(29)40)27-21-14-8-10-16-24(21)39(35)31(27)30(28)38/h4-16,25-26,32H,17-18H2,1-3H3,(H,36,40)/t25-,26-,32-,35?/m1/s1. The van der Waals surface area contributed by atoms with Gasteiger partial charge in [0.25, 0.3) is 11.8 Å². The Balaban J connectivity index is 1.43. The molecule has 8 heteroatoms. The fourth-order valence-corrected chi connectivity index (χ4v) is 8.33. The summed E-state index contributed by atoms with van der Waals surface area (Å²) in [4.78, 5) is 29.2. The first-order valence-corrected chi connectivity index (χ1v) is 14.8. The smallest absolute Gasteiger partial charge is 0.253 e. The Labute approximate surface area is 247 Å². The average Bonchev–Trinajstić information content (AvgIpc) is 3.68. The van der Waals surface area contributed by atoms with Crippen LogP contribution in [0.3, 0.4) is 0 Å². The number of para-hydroxylation sites is 2. The highest BCUT2D eigenvalue weighted by Crippen LogP contribution is 2.54. The van der Waals surface area contributed by atoms with E-state index in [9.17, 15) is 9.59 Å². The van der Waals surface area contributed by atoms with Crippen molar-refractivity contribution in [1.82, 2.24) is 19.4 Å². The van der Waals surface area contributed by atoms with Crippen LogP contribution in [0.25, 0.3) is 43.6 Å². The van der Waals surface area contributed by atoms with Gasteiger partial charge in [0.1, 0.15) is 12.3 Å². The van der Waals surface area contributed by atoms with Gasteiger partial charge >= 0.3 is 0 Å². The first-order chi connectivity index (χ1) is 20.9. The van der Waals surface area contributed by atoms with Crippen molar-refractivity contribution in [2.75, 3.05) is 14.2 Å². The van der Waals surface area contributed by atoms with Gasteiger partial charge in [0.05, 0.1) is 33.7 Å². The van der Waals surface area contributed by atoms with Crippen LogP contribution in [-0.4, -0.2) is 52.2 Å². The van der Waals surface area contributed by atoms with Gasteiger partial charge in [0.2, 0.25) is 0 Å². The van der Waals surface area contributed by atoms with Crippen molar-refractivity contribution < 1.29 is 19.1 Å². The summed E-state index contributed by atoms with van der Waals surface area (Å²) >= 11 is 0. The second kappa shape index (κ2) is 8.46. The van der Waals surface area contributed by atoms with Gasteiger partial charge in [-0.25, -0.2) is 0 Å². The Kier molecular flexibility index (Phi) is 4.90. The Hall–Kier alpha value is -4.66. The van der Waals surface area contributed by atoms with Crippen LogP contribution in [0.2, 0.25) is 0 Å². The molecule has 8 nitrogen and oxygen atoms in total. The summed E-state index contributed by atoms with van der Waals surface area (Å²) in [6.45, 7) is 2.56. The Bertz CT molecular complexity index is 2180. The highest BCUT2D eigenvalue weighted by Gasteiger charge is 2.55. The lowest BCUT2D eigenvalue weighted by Gasteiger charge is -2.50. The highest BCUT2D eigenvalue weighted by atomic mass is 16.6. The fraction of sp³-hybridized carbons (Fsp3) is 0.257. The molecule has 1 unspecified atom stereocenters. The van der Waals surface area contributed by atoms with Crippen molar-refractivity contribution in [3.8, 4) is 0 Å². The van der Waals surface area contributed by atoms with Gasteiger partial charge in [-0.15, -0.1) is 0 Å². The number of benzene rings is 4. The number of nitrogens with zero attached hydrogens (tertiary/aromatic N) is 3. The predicted octanol–water partition coefficient (Wildman–Crippen LogP) is 5.91. The summed E-state index contributed by atoms with van der Waals surface area (Å²) in [6, 6.07) is 25.7. The van der Waals surface area contributed by atoms with E-state index in [1.807, 2.05) is 66.5 Å². The number of aromatic nitrogens is 2. The van der Waals surface area contributed by atoms with E-state index in [2.05, 4.69) is 45.6 Å². The van der Waals surface area contributed by atoms with Gasteiger partial charge in [0, 0.05) is 54.2 Å². The van der Waals surface area contributed by atoms with Gasteiger partial charge < -0.3 is 28.8 Å². The van der Waals surface area contributed by atoms with Crippen molar-refractivity contribution in [2.45, 2.75) is 44.0 Å². The Morgan fingerprint density at radius 3 is 2.37 bits per heavy atom. The van der Waals surface area contributed by atoms with Crippen molar-refractivity contribution in [3.63, 3.8) is 0 Å². The topological polar surface area (TPSA) is 77.7 Å². The van der Waals surface area contributed by atoms with Crippen molar-refractivity contribution in [2.24, 2.45) is 0 Å². The molecule has 4 atom stereocenters. The summed E-state index contributed by atoms with van der Waals surface area (Å²) in [5.74, 6) is -0.107. The minimum atomic E-state index is -0.980. The molecule has 1 N–H and O–H groups in total. The maximum atomic E-state index is 13.9. The minimum Gasteiger partial charge on any atom is -0.374 e. The van der Waals surface area contributed by atoms with Crippen molar-refractivity contribution in [1.29, 1.82) is 0 Å². The van der Waals surface area contributed by atoms with Crippen LogP contribution >= 0.6 is 0 Å². The second-order valence-electron chi connectivity index (χ2n) is 12.1. The van der Waals surface area contributed by atoms with Gasteiger partial charge in [-0.05, 0) is 36.8 Å². The largest absolute Gasteiger partial charge is 0.374 e. The van der Waals surface area contributed by atoms with Crippen molar-refractivity contribution >= 4 is 55.4 Å². The third-order valence-electron chi connectivity index (χ3n) is 10.0. The van der Waals surface area contributed by atoms with Crippen LogP contribution in [0.5, 0.6) is 0 Å². The van der Waals surface area contributed by atoms with E-state index in [4.69, 9.17) is 9.47 Å². The number of hydrogen-bond acceptors (Lipinski definition) is 4. The Morgan fingerprint density at radius 2 is 1.63 bits per heavy atom. The lowest BCUT2D eigenvalue weighted by molar-refractivity contribution is -0.264. The van der Waals surface area contributed by atoms with E-state index < -0.39 is 18.1 Å². The second-order valence-corrected chi connectivity index (χ2v) is 12.1. The maximum Gasteiger partial charge on any atom is 0.253 e. The third-order valence-corrected chi connectivity index (χ3v) is 10.0. The molecule has 6 aromatic rings. The molecule has 4 aromatic carbocycles. The van der Waals surface area contributed by atoms with Gasteiger partial charge in [0.15, 0.2) is 5.72 Å². The van der Waals surface area contributed by atoms with E-state index in [1.54, 1.807) is 7.11 Å². The molecule has 0 saturated carbocycles. The SMILES string of the molecule is CO[C@@H]1[C@H](N(C)C(=O)c2ccccc2)C[C@H]2OC1(C)n1c3ccccc3c3c4c(c5c6ccccc6n2c5c31)C(=O)NC4. The van der Waals surface area contributed by atoms with Gasteiger partial charge in [-0.1, -0.05) is 54.6 Å². The molecular formula is C35H30N4O4. The number of fused-ring (bicyclic) bond motifs is 13. The number of hydrogen-bond donors (Lipinski definition) is 1. The number of nitrogens with one attached hydrogen (secondary N) is 1. The van der Waals surface area contributed by atoms with Crippen LogP contribution in [0.1, 0.15) is 45.9 Å². The van der Waals surface area contributed by atoms with E-state index >= 15 is 0 Å². The lowest BCUT2D eigenvalue weighted by atomic mass is 9.91. The molecule has 5 heterocycles. The molecule has 2 amide bonds. The lowest BCUT2D eigenvalue weighted by Crippen LogP contribution is -2.61. The fourth-order valence-electron chi connectivity index (χ4n) is 8.33. The number of carbonyl (C=O) groups is 2. The summed E-state index contributed by atoms with van der Waals surface area (Å²) in [5.41, 5.74) is 5.46. The zero-order valence-electron chi connectivity index (χ0n) is 24.1. The molecule has 0 radical (unpaired) electrons. The summed E-state index contributed by atoms with van der Waals surface area (Å²) in [7, 11) is 3.57. The molecule has 3 aliphatic heterocycles. The summed E-state index contributed by atoms with van der Waals surface area (Å²) in [5, 5.41) is 7.24. The number of methoxy groups -OCH3 is 1. The number of carbonyl (C=O) groups excluding carboxylic acids is 2. The summed E-state index contributed by atoms with van der Waals surface area (Å²) < 4.78 is 18.1. The zero-order valence-corrected chi connectivity index (χ0v) is 24.1. The van der Waals surface area contributed by atoms with Crippen LogP contribution < -0.4 is 5.32 Å². The van der Waals surface area contributed by atoms with Crippen LogP contribution in [0, 0.1) is 0 Å². The molecule has 1 saturated heterocycles. The molecule has 43 heavy (non-hydrogen) atoms. The third kappa shape index (κ3) is 2.97.